The summed E-state index contributed by atoms with van der Waals surface area (Å²) in [7, 11) is 2.03. The molecule has 0 unspecified atom stereocenters. The minimum Gasteiger partial charge on any atom is -0.492 e. The lowest BCUT2D eigenvalue weighted by Crippen LogP contribution is -2.42. The van der Waals surface area contributed by atoms with E-state index in [2.05, 4.69) is 31.9 Å². The van der Waals surface area contributed by atoms with Crippen LogP contribution in [0.1, 0.15) is 26.1 Å². The van der Waals surface area contributed by atoms with E-state index >= 15 is 0 Å². The standard InChI is InChI=1S/C21H34N6O2.HI/c1-4-20-25-24-18-27(20)14-13-23-21(22-12-9-16-28-5-2)26(3)15-17-29-19-10-7-6-8-11-19;/h6-8,10-11,18H,4-5,9,12-17H2,1-3H3,(H,22,23);1H. The molecule has 1 heterocycles. The molecule has 0 aliphatic heterocycles. The highest BCUT2D eigenvalue weighted by Crippen LogP contribution is 2.07. The number of aromatic nitrogens is 3. The first-order valence-electron chi connectivity index (χ1n) is 10.4. The summed E-state index contributed by atoms with van der Waals surface area (Å²) in [5.41, 5.74) is 0. The summed E-state index contributed by atoms with van der Waals surface area (Å²) in [5, 5.41) is 11.6. The fourth-order valence-corrected chi connectivity index (χ4v) is 2.76. The van der Waals surface area contributed by atoms with Gasteiger partial charge in [0.2, 0.25) is 0 Å². The number of nitrogens with zero attached hydrogens (tertiary/aromatic N) is 5. The van der Waals surface area contributed by atoms with E-state index in [1.54, 1.807) is 6.33 Å². The molecule has 30 heavy (non-hydrogen) atoms. The molecule has 2 rings (SSSR count). The van der Waals surface area contributed by atoms with E-state index in [-0.39, 0.29) is 24.0 Å². The van der Waals surface area contributed by atoms with Crippen LogP contribution in [-0.2, 0) is 17.7 Å². The van der Waals surface area contributed by atoms with Crippen molar-refractivity contribution in [1.82, 2.24) is 25.0 Å². The highest BCUT2D eigenvalue weighted by atomic mass is 127. The predicted molar refractivity (Wildman–Crippen MR) is 131 cm³/mol. The normalized spacial score (nSPS) is 11.1. The van der Waals surface area contributed by atoms with Gasteiger partial charge in [0.05, 0.1) is 6.54 Å². The Morgan fingerprint density at radius 3 is 2.73 bits per heavy atom. The van der Waals surface area contributed by atoms with Crippen molar-refractivity contribution >= 4 is 29.9 Å². The molecule has 0 bridgehead atoms. The lowest BCUT2D eigenvalue weighted by Gasteiger charge is -2.23. The summed E-state index contributed by atoms with van der Waals surface area (Å²) >= 11 is 0. The lowest BCUT2D eigenvalue weighted by molar-refractivity contribution is 0.146. The van der Waals surface area contributed by atoms with Gasteiger partial charge in [-0.3, -0.25) is 4.99 Å². The molecule has 0 aliphatic carbocycles. The van der Waals surface area contributed by atoms with Crippen molar-refractivity contribution in [2.24, 2.45) is 4.99 Å². The van der Waals surface area contributed by atoms with Gasteiger partial charge >= 0.3 is 0 Å². The van der Waals surface area contributed by atoms with Gasteiger partial charge in [0.15, 0.2) is 5.96 Å². The van der Waals surface area contributed by atoms with Crippen LogP contribution in [0, 0.1) is 0 Å². The van der Waals surface area contributed by atoms with Crippen LogP contribution >= 0.6 is 24.0 Å². The van der Waals surface area contributed by atoms with Crippen LogP contribution in [0.4, 0.5) is 0 Å². The summed E-state index contributed by atoms with van der Waals surface area (Å²) in [5.74, 6) is 2.74. The molecular formula is C21H35IN6O2. The fourth-order valence-electron chi connectivity index (χ4n) is 2.76. The van der Waals surface area contributed by atoms with E-state index in [1.165, 1.54) is 0 Å². The molecule has 1 aromatic heterocycles. The number of aryl methyl sites for hydroxylation is 1. The van der Waals surface area contributed by atoms with E-state index in [4.69, 9.17) is 14.5 Å². The predicted octanol–water partition coefficient (Wildman–Crippen LogP) is 2.84. The van der Waals surface area contributed by atoms with Crippen LogP contribution in [0.2, 0.25) is 0 Å². The number of nitrogens with one attached hydrogen (secondary N) is 1. The Morgan fingerprint density at radius 1 is 1.20 bits per heavy atom. The molecule has 168 valence electrons. The van der Waals surface area contributed by atoms with Crippen LogP contribution in [0.5, 0.6) is 5.75 Å². The molecule has 0 atom stereocenters. The Kier molecular flexibility index (Phi) is 13.9. The van der Waals surface area contributed by atoms with E-state index < -0.39 is 0 Å². The Balaban J connectivity index is 0.00000450. The zero-order valence-electron chi connectivity index (χ0n) is 18.3. The molecule has 0 aliphatic rings. The van der Waals surface area contributed by atoms with Gasteiger partial charge in [-0.25, -0.2) is 0 Å². The topological polar surface area (TPSA) is 76.8 Å². The number of likely N-dealkylation sites (N-methyl/N-ethyl adjacent to an activating group) is 1. The SMILES string of the molecule is CCOCCCN=C(NCCn1cnnc1CC)N(C)CCOc1ccccc1.I. The van der Waals surface area contributed by atoms with Gasteiger partial charge in [-0.15, -0.1) is 34.2 Å². The second-order valence-electron chi connectivity index (χ2n) is 6.56. The van der Waals surface area contributed by atoms with Gasteiger partial charge in [-0.05, 0) is 25.5 Å². The van der Waals surface area contributed by atoms with E-state index in [0.717, 1.165) is 69.8 Å². The Morgan fingerprint density at radius 2 is 2.00 bits per heavy atom. The number of guanidine groups is 1. The van der Waals surface area contributed by atoms with Crippen molar-refractivity contribution in [1.29, 1.82) is 0 Å². The number of halogens is 1. The maximum absolute atomic E-state index is 5.81. The fraction of sp³-hybridized carbons (Fsp3) is 0.571. The molecule has 8 nitrogen and oxygen atoms in total. The number of aliphatic imine (C=N–C) groups is 1. The first-order valence-corrected chi connectivity index (χ1v) is 10.4. The quantitative estimate of drug-likeness (QED) is 0.186. The van der Waals surface area contributed by atoms with Gasteiger partial charge < -0.3 is 24.3 Å². The summed E-state index contributed by atoms with van der Waals surface area (Å²) in [6.45, 7) is 9.15. The summed E-state index contributed by atoms with van der Waals surface area (Å²) < 4.78 is 13.3. The summed E-state index contributed by atoms with van der Waals surface area (Å²) in [4.78, 5) is 6.83. The number of para-hydroxylation sites is 1. The smallest absolute Gasteiger partial charge is 0.193 e. The number of hydrogen-bond acceptors (Lipinski definition) is 5. The Hall–Kier alpha value is -1.88. The maximum atomic E-state index is 5.81. The van der Waals surface area contributed by atoms with Crippen molar-refractivity contribution in [2.45, 2.75) is 33.2 Å². The van der Waals surface area contributed by atoms with Crippen LogP contribution in [-0.4, -0.2) is 72.1 Å². The first kappa shape index (κ1) is 26.2. The average Bonchev–Trinajstić information content (AvgIpc) is 3.20. The number of benzene rings is 1. The monoisotopic (exact) mass is 530 g/mol. The molecule has 0 radical (unpaired) electrons. The van der Waals surface area contributed by atoms with E-state index in [9.17, 15) is 0 Å². The van der Waals surface area contributed by atoms with Crippen molar-refractivity contribution in [3.05, 3.63) is 42.5 Å². The zero-order valence-corrected chi connectivity index (χ0v) is 20.6. The lowest BCUT2D eigenvalue weighted by atomic mass is 10.3. The number of rotatable bonds is 13. The molecule has 1 aromatic carbocycles. The zero-order chi connectivity index (χ0) is 20.7. The molecule has 0 saturated heterocycles. The second kappa shape index (κ2) is 15.9. The maximum Gasteiger partial charge on any atom is 0.193 e. The molecule has 1 N–H and O–H groups in total. The van der Waals surface area contributed by atoms with Crippen LogP contribution < -0.4 is 10.1 Å². The summed E-state index contributed by atoms with van der Waals surface area (Å²) in [6.07, 6.45) is 3.55. The van der Waals surface area contributed by atoms with Gasteiger partial charge in [-0.1, -0.05) is 25.1 Å². The molecular weight excluding hydrogens is 495 g/mol. The van der Waals surface area contributed by atoms with E-state index in [1.807, 2.05) is 44.3 Å². The van der Waals surface area contributed by atoms with Crippen molar-refractivity contribution < 1.29 is 9.47 Å². The van der Waals surface area contributed by atoms with Crippen molar-refractivity contribution in [3.63, 3.8) is 0 Å². The van der Waals surface area contributed by atoms with Gasteiger partial charge in [-0.2, -0.15) is 0 Å². The molecule has 0 fully saturated rings. The summed E-state index contributed by atoms with van der Waals surface area (Å²) in [6, 6.07) is 9.86. The highest BCUT2D eigenvalue weighted by Gasteiger charge is 2.08. The van der Waals surface area contributed by atoms with Crippen LogP contribution in [0.25, 0.3) is 0 Å². The van der Waals surface area contributed by atoms with Gasteiger partial charge in [0.25, 0.3) is 0 Å². The minimum absolute atomic E-state index is 0. The molecule has 0 saturated carbocycles. The third kappa shape index (κ3) is 9.75. The molecule has 2 aromatic rings. The largest absolute Gasteiger partial charge is 0.492 e. The molecule has 0 spiro atoms. The number of hydrogen-bond donors (Lipinski definition) is 1. The van der Waals surface area contributed by atoms with Gasteiger partial charge in [0.1, 0.15) is 24.5 Å². The third-order valence-corrected chi connectivity index (χ3v) is 4.36. The van der Waals surface area contributed by atoms with E-state index in [0.29, 0.717) is 6.61 Å². The molecule has 9 heteroatoms. The average molecular weight is 530 g/mol. The molecule has 0 amide bonds. The highest BCUT2D eigenvalue weighted by molar-refractivity contribution is 14.0. The van der Waals surface area contributed by atoms with Crippen molar-refractivity contribution in [3.8, 4) is 5.75 Å². The second-order valence-corrected chi connectivity index (χ2v) is 6.56. The Bertz CT molecular complexity index is 711. The van der Waals surface area contributed by atoms with Crippen molar-refractivity contribution in [2.75, 3.05) is 46.5 Å². The first-order chi connectivity index (χ1) is 14.2. The number of ether oxygens (including phenoxy) is 2. The van der Waals surface area contributed by atoms with Crippen LogP contribution in [0.15, 0.2) is 41.7 Å². The third-order valence-electron chi connectivity index (χ3n) is 4.36. The Labute approximate surface area is 197 Å². The van der Waals surface area contributed by atoms with Crippen LogP contribution in [0.3, 0.4) is 0 Å². The minimum atomic E-state index is 0. The van der Waals surface area contributed by atoms with Gasteiger partial charge in [0, 0.05) is 46.3 Å².